The van der Waals surface area contributed by atoms with Crippen LogP contribution < -0.4 is 11.0 Å². The highest BCUT2D eigenvalue weighted by atomic mass is 19.1. The van der Waals surface area contributed by atoms with Crippen LogP contribution in [0.15, 0.2) is 29.1 Å². The summed E-state index contributed by atoms with van der Waals surface area (Å²) in [6.45, 7) is 2.08. The van der Waals surface area contributed by atoms with E-state index in [0.717, 1.165) is 31.5 Å². The van der Waals surface area contributed by atoms with Crippen LogP contribution in [0, 0.1) is 5.82 Å². The Morgan fingerprint density at radius 2 is 1.96 bits per heavy atom. The second kappa shape index (κ2) is 8.27. The van der Waals surface area contributed by atoms with E-state index in [2.05, 4.69) is 20.4 Å². The van der Waals surface area contributed by atoms with Crippen LogP contribution in [0.4, 0.5) is 4.39 Å². The van der Waals surface area contributed by atoms with Gasteiger partial charge in [-0.25, -0.2) is 14.3 Å². The molecule has 7 nitrogen and oxygen atoms in total. The average molecular weight is 361 g/mol. The van der Waals surface area contributed by atoms with E-state index in [-0.39, 0.29) is 17.4 Å². The molecule has 1 atom stereocenters. The van der Waals surface area contributed by atoms with Gasteiger partial charge in [0.2, 0.25) is 5.91 Å². The molecule has 1 amide bonds. The fraction of sp³-hybridized carbons (Fsp3) is 0.500. The van der Waals surface area contributed by atoms with Crippen LogP contribution in [0.2, 0.25) is 0 Å². The molecular weight excluding hydrogens is 337 g/mol. The Morgan fingerprint density at radius 1 is 1.27 bits per heavy atom. The molecule has 1 aromatic carbocycles. The van der Waals surface area contributed by atoms with Gasteiger partial charge in [-0.3, -0.25) is 14.3 Å². The van der Waals surface area contributed by atoms with Gasteiger partial charge < -0.3 is 5.32 Å². The number of aromatic amines is 1. The van der Waals surface area contributed by atoms with Gasteiger partial charge in [-0.05, 0) is 43.6 Å². The summed E-state index contributed by atoms with van der Waals surface area (Å²) in [5, 5.41) is 9.25. The van der Waals surface area contributed by atoms with Gasteiger partial charge in [-0.1, -0.05) is 18.6 Å². The second-order valence-electron chi connectivity index (χ2n) is 6.60. The monoisotopic (exact) mass is 361 g/mol. The molecule has 0 unspecified atom stereocenters. The Balaban J connectivity index is 1.68. The smallest absolute Gasteiger partial charge is 0.343 e. The van der Waals surface area contributed by atoms with Gasteiger partial charge >= 0.3 is 5.69 Å². The predicted octanol–water partition coefficient (Wildman–Crippen LogP) is 1.13. The van der Waals surface area contributed by atoms with Crippen LogP contribution in [0.5, 0.6) is 0 Å². The maximum Gasteiger partial charge on any atom is 0.343 e. The molecule has 2 heterocycles. The highest BCUT2D eigenvalue weighted by Crippen LogP contribution is 2.25. The minimum absolute atomic E-state index is 0.112. The number of halogens is 1. The summed E-state index contributed by atoms with van der Waals surface area (Å²) in [4.78, 5) is 26.4. The molecule has 2 N–H and O–H groups in total. The lowest BCUT2D eigenvalue weighted by Gasteiger charge is -2.34. The van der Waals surface area contributed by atoms with Crippen LogP contribution in [-0.4, -0.2) is 45.2 Å². The number of nitrogens with one attached hydrogen (secondary N) is 2. The second-order valence-corrected chi connectivity index (χ2v) is 6.60. The summed E-state index contributed by atoms with van der Waals surface area (Å²) < 4.78 is 14.7. The van der Waals surface area contributed by atoms with Crippen molar-refractivity contribution in [2.24, 2.45) is 7.05 Å². The van der Waals surface area contributed by atoms with E-state index in [0.29, 0.717) is 18.8 Å². The van der Waals surface area contributed by atoms with Crippen LogP contribution in [0.3, 0.4) is 0 Å². The molecule has 140 valence electrons. The topological polar surface area (TPSA) is 83.0 Å². The largest absolute Gasteiger partial charge is 0.354 e. The summed E-state index contributed by atoms with van der Waals surface area (Å²) >= 11 is 0. The van der Waals surface area contributed by atoms with Gasteiger partial charge in [-0.2, -0.15) is 5.10 Å². The van der Waals surface area contributed by atoms with E-state index in [9.17, 15) is 14.0 Å². The molecular formula is C18H24FN5O2. The molecule has 1 fully saturated rings. The lowest BCUT2D eigenvalue weighted by Crippen LogP contribution is -2.43. The molecule has 26 heavy (non-hydrogen) atoms. The van der Waals surface area contributed by atoms with Crippen molar-refractivity contribution in [2.75, 3.05) is 19.6 Å². The molecule has 0 saturated carbocycles. The Bertz CT molecular complexity index is 793. The number of hydrogen-bond acceptors (Lipinski definition) is 4. The SMILES string of the molecule is Cn1c(CCNC(=O)[C@H](c2ccc(F)cc2)N2CCCCC2)n[nH]c1=O. The third kappa shape index (κ3) is 4.19. The number of amides is 1. The van der Waals surface area contributed by atoms with Gasteiger partial charge in [0, 0.05) is 20.0 Å². The molecule has 0 radical (unpaired) electrons. The quantitative estimate of drug-likeness (QED) is 0.808. The number of nitrogens with zero attached hydrogens (tertiary/aromatic N) is 3. The maximum absolute atomic E-state index is 13.3. The van der Waals surface area contributed by atoms with Gasteiger partial charge in [0.15, 0.2) is 0 Å². The first kappa shape index (κ1) is 18.3. The van der Waals surface area contributed by atoms with Crippen LogP contribution in [0.25, 0.3) is 0 Å². The zero-order valence-corrected chi connectivity index (χ0v) is 14.9. The number of likely N-dealkylation sites (tertiary alicyclic amines) is 1. The van der Waals surface area contributed by atoms with Crippen molar-refractivity contribution in [3.8, 4) is 0 Å². The Labute approximate surface area is 151 Å². The number of carbonyl (C=O) groups excluding carboxylic acids is 1. The summed E-state index contributed by atoms with van der Waals surface area (Å²) in [7, 11) is 1.64. The fourth-order valence-electron chi connectivity index (χ4n) is 3.35. The molecule has 1 saturated heterocycles. The fourth-order valence-corrected chi connectivity index (χ4v) is 3.35. The lowest BCUT2D eigenvalue weighted by molar-refractivity contribution is -0.127. The first-order valence-electron chi connectivity index (χ1n) is 8.94. The molecule has 0 aliphatic carbocycles. The number of hydrogen-bond donors (Lipinski definition) is 2. The average Bonchev–Trinajstić information content (AvgIpc) is 2.97. The molecule has 1 aliphatic heterocycles. The summed E-state index contributed by atoms with van der Waals surface area (Å²) in [6.07, 6.45) is 3.74. The van der Waals surface area contributed by atoms with Crippen molar-refractivity contribution in [2.45, 2.75) is 31.7 Å². The third-order valence-corrected chi connectivity index (χ3v) is 4.81. The number of aromatic nitrogens is 3. The third-order valence-electron chi connectivity index (χ3n) is 4.81. The summed E-state index contributed by atoms with van der Waals surface area (Å²) in [5.74, 6) is 0.164. The highest BCUT2D eigenvalue weighted by Gasteiger charge is 2.28. The Hall–Kier alpha value is -2.48. The van der Waals surface area contributed by atoms with E-state index in [1.807, 2.05) is 0 Å². The van der Waals surface area contributed by atoms with Crippen LogP contribution >= 0.6 is 0 Å². The number of carbonyl (C=O) groups is 1. The first-order valence-corrected chi connectivity index (χ1v) is 8.94. The van der Waals surface area contributed by atoms with Crippen molar-refractivity contribution in [3.05, 3.63) is 52.0 Å². The van der Waals surface area contributed by atoms with Gasteiger partial charge in [0.05, 0.1) is 0 Å². The zero-order valence-electron chi connectivity index (χ0n) is 14.9. The first-order chi connectivity index (χ1) is 12.6. The maximum atomic E-state index is 13.3. The van der Waals surface area contributed by atoms with Crippen molar-refractivity contribution in [1.29, 1.82) is 0 Å². The zero-order chi connectivity index (χ0) is 18.5. The van der Waals surface area contributed by atoms with Crippen molar-refractivity contribution in [1.82, 2.24) is 25.0 Å². The predicted molar refractivity (Wildman–Crippen MR) is 95.1 cm³/mol. The van der Waals surface area contributed by atoms with E-state index >= 15 is 0 Å². The van der Waals surface area contributed by atoms with E-state index in [1.54, 1.807) is 19.2 Å². The van der Waals surface area contributed by atoms with Crippen molar-refractivity contribution >= 4 is 5.91 Å². The van der Waals surface area contributed by atoms with Crippen LogP contribution in [0.1, 0.15) is 36.7 Å². The molecule has 2 aromatic rings. The standard InChI is InChI=1S/C18H24FN5O2/c1-23-15(21-22-18(23)26)9-10-20-17(25)16(24-11-3-2-4-12-24)13-5-7-14(19)8-6-13/h5-8,16H,2-4,9-12H2,1H3,(H,20,25)(H,22,26)/t16-/m0/s1. The Morgan fingerprint density at radius 3 is 2.58 bits per heavy atom. The number of piperidine rings is 1. The van der Waals surface area contributed by atoms with Crippen LogP contribution in [-0.2, 0) is 18.3 Å². The number of H-pyrrole nitrogens is 1. The molecule has 0 spiro atoms. The number of benzene rings is 1. The van der Waals surface area contributed by atoms with Crippen molar-refractivity contribution < 1.29 is 9.18 Å². The van der Waals surface area contributed by atoms with E-state index in [4.69, 9.17) is 0 Å². The molecule has 1 aromatic heterocycles. The molecule has 8 heteroatoms. The minimum Gasteiger partial charge on any atom is -0.354 e. The van der Waals surface area contributed by atoms with Gasteiger partial charge in [0.1, 0.15) is 17.7 Å². The van der Waals surface area contributed by atoms with E-state index < -0.39 is 6.04 Å². The number of rotatable bonds is 6. The molecule has 1 aliphatic rings. The Kier molecular flexibility index (Phi) is 5.82. The lowest BCUT2D eigenvalue weighted by atomic mass is 10.0. The normalized spacial score (nSPS) is 16.4. The summed E-state index contributed by atoms with van der Waals surface area (Å²) in [6, 6.07) is 5.69. The highest BCUT2D eigenvalue weighted by molar-refractivity contribution is 5.83. The molecule has 3 rings (SSSR count). The molecule has 0 bridgehead atoms. The van der Waals surface area contributed by atoms with Crippen molar-refractivity contribution in [3.63, 3.8) is 0 Å². The van der Waals surface area contributed by atoms with E-state index in [1.165, 1.54) is 23.1 Å². The van der Waals surface area contributed by atoms with Gasteiger partial charge in [0.25, 0.3) is 0 Å². The van der Waals surface area contributed by atoms with Gasteiger partial charge in [-0.15, -0.1) is 0 Å². The minimum atomic E-state index is -0.432. The summed E-state index contributed by atoms with van der Waals surface area (Å²) in [5.41, 5.74) is 0.516.